The third-order valence-electron chi connectivity index (χ3n) is 7.51. The van der Waals surface area contributed by atoms with Crippen LogP contribution in [0, 0.1) is 34.5 Å². The molecule has 5 saturated carbocycles. The van der Waals surface area contributed by atoms with Crippen molar-refractivity contribution >= 4 is 5.91 Å². The van der Waals surface area contributed by atoms with E-state index in [2.05, 4.69) is 6.07 Å². The zero-order valence-corrected chi connectivity index (χ0v) is 13.9. The summed E-state index contributed by atoms with van der Waals surface area (Å²) in [6.45, 7) is 0. The summed E-state index contributed by atoms with van der Waals surface area (Å²) in [5, 5.41) is 20.2. The number of piperidine rings is 1. The largest absolute Gasteiger partial charge is 0.412 e. The van der Waals surface area contributed by atoms with E-state index in [0.29, 0.717) is 24.2 Å². The van der Waals surface area contributed by atoms with Crippen molar-refractivity contribution in [3.63, 3.8) is 0 Å². The number of hydrogen-bond donors (Lipinski definition) is 2. The summed E-state index contributed by atoms with van der Waals surface area (Å²) in [4.78, 5) is 14.9. The van der Waals surface area contributed by atoms with E-state index >= 15 is 0 Å². The zero-order chi connectivity index (χ0) is 16.0. The van der Waals surface area contributed by atoms with Gasteiger partial charge in [0.25, 0.3) is 0 Å². The highest BCUT2D eigenvalue weighted by atomic mass is 16.3. The maximum atomic E-state index is 13.1. The average Bonchev–Trinajstić information content (AvgIpc) is 3.14. The third kappa shape index (κ3) is 2.08. The van der Waals surface area contributed by atoms with E-state index in [-0.39, 0.29) is 28.9 Å². The molecule has 1 heterocycles. The molecule has 6 heteroatoms. The molecule has 6 aliphatic rings. The number of carbonyl (C=O) groups excluding carboxylic acids is 1. The number of carbonyl (C=O) groups is 1. The molecule has 5 aliphatic carbocycles. The van der Waals surface area contributed by atoms with Gasteiger partial charge in [0, 0.05) is 6.04 Å². The minimum Gasteiger partial charge on any atom is -0.412 e. The highest BCUT2D eigenvalue weighted by Crippen LogP contribution is 2.63. The lowest BCUT2D eigenvalue weighted by Gasteiger charge is -2.61. The maximum Gasteiger partial charge on any atom is 0.241 e. The first-order valence-electron chi connectivity index (χ1n) is 9.13. The summed E-state index contributed by atoms with van der Waals surface area (Å²) in [5.74, 6) is 1.56. The SMILES string of the molecule is N#C[C@@H]1C[C@@H]2C[C@@H]2N1C(=O)[C@@H](N)C12CC3CC(CC(O)(C3)C1)C2.O. The van der Waals surface area contributed by atoms with Crippen molar-refractivity contribution in [1.29, 1.82) is 5.26 Å². The van der Waals surface area contributed by atoms with Crippen LogP contribution in [0.5, 0.6) is 0 Å². The van der Waals surface area contributed by atoms with Crippen molar-refractivity contribution in [3.8, 4) is 6.07 Å². The van der Waals surface area contributed by atoms with Crippen LogP contribution in [0.15, 0.2) is 0 Å². The number of hydrogen-bond acceptors (Lipinski definition) is 4. The number of nitrogens with two attached hydrogens (primary N) is 1. The van der Waals surface area contributed by atoms with Gasteiger partial charge in [-0.05, 0) is 74.5 Å². The molecule has 4 bridgehead atoms. The molecule has 132 valence electrons. The predicted octanol–water partition coefficient (Wildman–Crippen LogP) is 0.333. The van der Waals surface area contributed by atoms with Crippen LogP contribution < -0.4 is 5.73 Å². The monoisotopic (exact) mass is 333 g/mol. The molecule has 6 nitrogen and oxygen atoms in total. The van der Waals surface area contributed by atoms with Crippen LogP contribution in [0.1, 0.15) is 51.4 Å². The van der Waals surface area contributed by atoms with Gasteiger partial charge in [-0.2, -0.15) is 5.26 Å². The Hall–Kier alpha value is -1.16. The van der Waals surface area contributed by atoms with Crippen LogP contribution in [0.3, 0.4) is 0 Å². The van der Waals surface area contributed by atoms with Crippen molar-refractivity contribution in [2.24, 2.45) is 28.9 Å². The molecule has 0 aromatic carbocycles. The summed E-state index contributed by atoms with van der Waals surface area (Å²) < 4.78 is 0. The van der Waals surface area contributed by atoms with Gasteiger partial charge in [-0.15, -0.1) is 0 Å². The van der Waals surface area contributed by atoms with Gasteiger partial charge in [-0.1, -0.05) is 0 Å². The molecule has 1 saturated heterocycles. The molecule has 6 fully saturated rings. The molecule has 1 amide bonds. The molecule has 5 N–H and O–H groups in total. The Kier molecular flexibility index (Phi) is 3.36. The lowest BCUT2D eigenvalue weighted by molar-refractivity contribution is -0.177. The Morgan fingerprint density at radius 3 is 2.46 bits per heavy atom. The maximum absolute atomic E-state index is 13.1. The number of rotatable bonds is 2. The van der Waals surface area contributed by atoms with Crippen LogP contribution in [0.4, 0.5) is 0 Å². The molecular weight excluding hydrogens is 306 g/mol. The van der Waals surface area contributed by atoms with Gasteiger partial charge in [-0.25, -0.2) is 0 Å². The van der Waals surface area contributed by atoms with E-state index in [1.165, 1.54) is 6.42 Å². The van der Waals surface area contributed by atoms with E-state index < -0.39 is 11.6 Å². The highest BCUT2D eigenvalue weighted by Gasteiger charge is 2.62. The summed E-state index contributed by atoms with van der Waals surface area (Å²) in [6, 6.07) is 1.72. The lowest BCUT2D eigenvalue weighted by atomic mass is 9.46. The van der Waals surface area contributed by atoms with Gasteiger partial charge < -0.3 is 21.2 Å². The normalized spacial score (nSPS) is 51.5. The molecule has 6 atom stereocenters. The fourth-order valence-corrected chi connectivity index (χ4v) is 6.96. The van der Waals surface area contributed by atoms with E-state index in [0.717, 1.165) is 38.5 Å². The number of aliphatic hydroxyl groups is 1. The molecule has 1 aliphatic heterocycles. The summed E-state index contributed by atoms with van der Waals surface area (Å²) in [5.41, 5.74) is 5.71. The van der Waals surface area contributed by atoms with Crippen molar-refractivity contribution in [2.75, 3.05) is 0 Å². The molecule has 0 spiro atoms. The van der Waals surface area contributed by atoms with E-state index in [1.54, 1.807) is 4.90 Å². The summed E-state index contributed by atoms with van der Waals surface area (Å²) in [6.07, 6.45) is 7.48. The molecular formula is C18H27N3O3. The van der Waals surface area contributed by atoms with Gasteiger partial charge in [0.15, 0.2) is 0 Å². The summed E-state index contributed by atoms with van der Waals surface area (Å²) in [7, 11) is 0. The predicted molar refractivity (Wildman–Crippen MR) is 86.4 cm³/mol. The standard InChI is InChI=1S/C18H25N3O2.H2O/c19-8-13-2-12-3-14(12)21(13)16(22)15(20)17-4-10-1-11(5-17)7-18(23,6-10)9-17;/h10-15,23H,1-7,9,20H2;1H2/t10?,11?,12-,13+,14+,15-,17?,18?;/m1./s1. The third-order valence-corrected chi connectivity index (χ3v) is 7.51. The van der Waals surface area contributed by atoms with Crippen LogP contribution in [0.2, 0.25) is 0 Å². The topological polar surface area (TPSA) is 122 Å². The van der Waals surface area contributed by atoms with E-state index in [1.807, 2.05) is 0 Å². The average molecular weight is 333 g/mol. The number of likely N-dealkylation sites (tertiary alicyclic amines) is 1. The van der Waals surface area contributed by atoms with E-state index in [9.17, 15) is 15.2 Å². The molecule has 0 radical (unpaired) electrons. The van der Waals surface area contributed by atoms with Crippen molar-refractivity contribution in [2.45, 2.75) is 75.1 Å². The summed E-state index contributed by atoms with van der Waals surface area (Å²) >= 11 is 0. The fraction of sp³-hybridized carbons (Fsp3) is 0.889. The van der Waals surface area contributed by atoms with Gasteiger partial charge in [0.1, 0.15) is 6.04 Å². The Labute approximate surface area is 142 Å². The van der Waals surface area contributed by atoms with Crippen molar-refractivity contribution in [3.05, 3.63) is 0 Å². The molecule has 0 aromatic heterocycles. The number of nitrogens with zero attached hydrogens (tertiary/aromatic N) is 2. The Bertz CT molecular complexity index is 601. The van der Waals surface area contributed by atoms with Gasteiger partial charge >= 0.3 is 0 Å². The van der Waals surface area contributed by atoms with Gasteiger partial charge in [0.2, 0.25) is 5.91 Å². The first kappa shape index (κ1) is 16.3. The fourth-order valence-electron chi connectivity index (χ4n) is 6.96. The number of fused-ring (bicyclic) bond motifs is 1. The van der Waals surface area contributed by atoms with Crippen LogP contribution in [0.25, 0.3) is 0 Å². The van der Waals surface area contributed by atoms with E-state index in [4.69, 9.17) is 5.73 Å². The number of nitriles is 1. The quantitative estimate of drug-likeness (QED) is 0.756. The van der Waals surface area contributed by atoms with Crippen molar-refractivity contribution in [1.82, 2.24) is 4.90 Å². The van der Waals surface area contributed by atoms with Crippen molar-refractivity contribution < 1.29 is 15.4 Å². The minimum atomic E-state index is -0.594. The van der Waals surface area contributed by atoms with Crippen LogP contribution >= 0.6 is 0 Å². The molecule has 2 unspecified atom stereocenters. The van der Waals surface area contributed by atoms with Crippen LogP contribution in [-0.2, 0) is 4.79 Å². The second-order valence-electron chi connectivity index (χ2n) is 9.21. The lowest BCUT2D eigenvalue weighted by Crippen LogP contribution is -2.64. The smallest absolute Gasteiger partial charge is 0.241 e. The second kappa shape index (κ2) is 4.94. The molecule has 6 rings (SSSR count). The van der Waals surface area contributed by atoms with Gasteiger partial charge in [0.05, 0.1) is 17.7 Å². The Morgan fingerprint density at radius 2 is 1.88 bits per heavy atom. The zero-order valence-electron chi connectivity index (χ0n) is 13.9. The van der Waals surface area contributed by atoms with Gasteiger partial charge in [-0.3, -0.25) is 4.79 Å². The Morgan fingerprint density at radius 1 is 1.21 bits per heavy atom. The molecule has 0 aromatic rings. The minimum absolute atomic E-state index is 0. The molecule has 24 heavy (non-hydrogen) atoms. The van der Waals surface area contributed by atoms with Crippen LogP contribution in [-0.4, -0.2) is 45.1 Å². The first-order valence-corrected chi connectivity index (χ1v) is 9.13. The Balaban J connectivity index is 0.00000146. The first-order chi connectivity index (χ1) is 10.9. The number of amides is 1. The second-order valence-corrected chi connectivity index (χ2v) is 9.21. The highest BCUT2D eigenvalue weighted by molar-refractivity contribution is 5.84.